The lowest BCUT2D eigenvalue weighted by atomic mass is 9.77. The smallest absolute Gasteiger partial charge is 0.220 e. The van der Waals surface area contributed by atoms with Crippen molar-refractivity contribution >= 4 is 22.9 Å². The minimum atomic E-state index is 0.162. The number of nitrogens with one attached hydrogen (secondary N) is 1. The Labute approximate surface area is 115 Å². The van der Waals surface area contributed by atoms with Gasteiger partial charge in [0, 0.05) is 12.5 Å². The van der Waals surface area contributed by atoms with E-state index in [1.54, 1.807) is 6.33 Å². The first-order valence-electron chi connectivity index (χ1n) is 6.95. The minimum absolute atomic E-state index is 0.162. The van der Waals surface area contributed by atoms with Gasteiger partial charge in [-0.25, -0.2) is 15.0 Å². The second-order valence-electron chi connectivity index (χ2n) is 5.71. The summed E-state index contributed by atoms with van der Waals surface area (Å²) in [5.41, 5.74) is 7.21. The van der Waals surface area contributed by atoms with Gasteiger partial charge in [0.2, 0.25) is 5.91 Å². The number of carbonyl (C=O) groups excluding carboxylic acids is 1. The number of rotatable bonds is 1. The average Bonchev–Trinajstić information content (AvgIpc) is 2.84. The van der Waals surface area contributed by atoms with E-state index in [1.807, 2.05) is 4.57 Å². The maximum Gasteiger partial charge on any atom is 0.220 e. The van der Waals surface area contributed by atoms with E-state index in [-0.39, 0.29) is 18.0 Å². The van der Waals surface area contributed by atoms with Crippen LogP contribution in [0.15, 0.2) is 12.7 Å². The van der Waals surface area contributed by atoms with Crippen molar-refractivity contribution in [1.82, 2.24) is 24.8 Å². The Hall–Kier alpha value is -2.18. The molecular weight excluding hydrogens is 256 g/mol. The number of fused-ring (bicyclic) bond motifs is 3. The van der Waals surface area contributed by atoms with Crippen molar-refractivity contribution in [3.63, 3.8) is 0 Å². The number of amides is 1. The molecular formula is C13H16N6O. The average molecular weight is 272 g/mol. The summed E-state index contributed by atoms with van der Waals surface area (Å²) in [4.78, 5) is 24.3. The van der Waals surface area contributed by atoms with E-state index in [0.717, 1.165) is 24.9 Å². The third-order valence-corrected chi connectivity index (χ3v) is 4.49. The molecule has 1 amide bonds. The van der Waals surface area contributed by atoms with Gasteiger partial charge in [-0.3, -0.25) is 4.79 Å². The van der Waals surface area contributed by atoms with Crippen LogP contribution in [0, 0.1) is 5.92 Å². The van der Waals surface area contributed by atoms with E-state index in [1.165, 1.54) is 6.33 Å². The van der Waals surface area contributed by atoms with Crippen molar-refractivity contribution in [3.8, 4) is 0 Å². The summed E-state index contributed by atoms with van der Waals surface area (Å²) in [7, 11) is 0. The summed E-state index contributed by atoms with van der Waals surface area (Å²) in [6, 6.07) is 0.374. The SMILES string of the molecule is Nc1ncnc2c1ncn2[C@@H]1CC[C@H]2CC(=O)N[C@@H]1C2. The van der Waals surface area contributed by atoms with E-state index < -0.39 is 0 Å². The van der Waals surface area contributed by atoms with Crippen LogP contribution in [0.5, 0.6) is 0 Å². The van der Waals surface area contributed by atoms with E-state index in [2.05, 4.69) is 20.3 Å². The molecule has 2 fully saturated rings. The van der Waals surface area contributed by atoms with E-state index >= 15 is 0 Å². The van der Waals surface area contributed by atoms with E-state index in [0.29, 0.717) is 23.7 Å². The highest BCUT2D eigenvalue weighted by molar-refractivity contribution is 5.81. The topological polar surface area (TPSA) is 98.7 Å². The summed E-state index contributed by atoms with van der Waals surface area (Å²) >= 11 is 0. The monoisotopic (exact) mass is 272 g/mol. The highest BCUT2D eigenvalue weighted by Crippen LogP contribution is 2.38. The number of nitrogens with two attached hydrogens (primary N) is 1. The second-order valence-corrected chi connectivity index (χ2v) is 5.71. The van der Waals surface area contributed by atoms with Crippen molar-refractivity contribution in [2.45, 2.75) is 37.8 Å². The Morgan fingerprint density at radius 3 is 3.10 bits per heavy atom. The first-order valence-corrected chi connectivity index (χ1v) is 6.95. The Bertz CT molecular complexity index is 681. The first kappa shape index (κ1) is 11.6. The number of nitrogens with zero attached hydrogens (tertiary/aromatic N) is 4. The van der Waals surface area contributed by atoms with E-state index in [9.17, 15) is 4.79 Å². The van der Waals surface area contributed by atoms with Crippen LogP contribution in [0.25, 0.3) is 11.2 Å². The van der Waals surface area contributed by atoms with Gasteiger partial charge in [-0.15, -0.1) is 0 Å². The normalized spacial score (nSPS) is 29.4. The Morgan fingerprint density at radius 2 is 2.20 bits per heavy atom. The molecule has 0 unspecified atom stereocenters. The molecule has 0 radical (unpaired) electrons. The van der Waals surface area contributed by atoms with Crippen LogP contribution < -0.4 is 11.1 Å². The van der Waals surface area contributed by atoms with Crippen molar-refractivity contribution in [3.05, 3.63) is 12.7 Å². The second kappa shape index (κ2) is 4.16. The lowest BCUT2D eigenvalue weighted by Crippen LogP contribution is -2.49. The maximum atomic E-state index is 11.7. The minimum Gasteiger partial charge on any atom is -0.382 e. The molecule has 7 nitrogen and oxygen atoms in total. The number of anilines is 1. The van der Waals surface area contributed by atoms with Gasteiger partial charge in [0.1, 0.15) is 11.8 Å². The van der Waals surface area contributed by atoms with Crippen molar-refractivity contribution in [2.24, 2.45) is 5.92 Å². The molecule has 3 N–H and O–H groups in total. The lowest BCUT2D eigenvalue weighted by molar-refractivity contribution is -0.126. The zero-order chi connectivity index (χ0) is 13.7. The van der Waals surface area contributed by atoms with Crippen LogP contribution in [0.2, 0.25) is 0 Å². The van der Waals surface area contributed by atoms with Crippen LogP contribution in [0.1, 0.15) is 31.7 Å². The quantitative estimate of drug-likeness (QED) is 0.793. The summed E-state index contributed by atoms with van der Waals surface area (Å²) < 4.78 is 2.04. The standard InChI is InChI=1S/C13H16N6O/c14-12-11-13(16-5-15-12)19(6-17-11)9-2-1-7-3-8(9)18-10(20)4-7/h5-9H,1-4H2,(H,18,20)(H2,14,15,16)/t7-,8-,9-/m1/s1. The maximum absolute atomic E-state index is 11.7. The third kappa shape index (κ3) is 1.65. The molecule has 3 heterocycles. The van der Waals surface area contributed by atoms with Crippen molar-refractivity contribution in [2.75, 3.05) is 5.73 Å². The third-order valence-electron chi connectivity index (χ3n) is 4.49. The molecule has 2 aromatic rings. The zero-order valence-electron chi connectivity index (χ0n) is 11.0. The van der Waals surface area contributed by atoms with Crippen molar-refractivity contribution < 1.29 is 4.79 Å². The molecule has 0 aromatic carbocycles. The Kier molecular flexibility index (Phi) is 2.42. The molecule has 20 heavy (non-hydrogen) atoms. The first-order chi connectivity index (χ1) is 9.72. The van der Waals surface area contributed by atoms with Gasteiger partial charge < -0.3 is 15.6 Å². The molecule has 1 saturated carbocycles. The molecule has 1 aliphatic heterocycles. The largest absolute Gasteiger partial charge is 0.382 e. The molecule has 2 bridgehead atoms. The summed E-state index contributed by atoms with van der Waals surface area (Å²) in [5.74, 6) is 1.09. The molecule has 1 aliphatic carbocycles. The fourth-order valence-electron chi connectivity index (χ4n) is 3.56. The number of imidazole rings is 1. The Balaban J connectivity index is 1.75. The van der Waals surface area contributed by atoms with Gasteiger partial charge in [0.25, 0.3) is 0 Å². The van der Waals surface area contributed by atoms with Gasteiger partial charge in [-0.05, 0) is 25.2 Å². The number of nitrogen functional groups attached to an aromatic ring is 1. The van der Waals surface area contributed by atoms with E-state index in [4.69, 9.17) is 5.73 Å². The molecule has 2 aliphatic rings. The number of hydrogen-bond donors (Lipinski definition) is 2. The number of hydrogen-bond acceptors (Lipinski definition) is 5. The van der Waals surface area contributed by atoms with Gasteiger partial charge in [0.05, 0.1) is 12.4 Å². The lowest BCUT2D eigenvalue weighted by Gasteiger charge is -2.40. The number of piperidine rings is 1. The van der Waals surface area contributed by atoms with Crippen LogP contribution in [0.4, 0.5) is 5.82 Å². The Morgan fingerprint density at radius 1 is 1.30 bits per heavy atom. The van der Waals surface area contributed by atoms with Gasteiger partial charge in [-0.2, -0.15) is 0 Å². The summed E-state index contributed by atoms with van der Waals surface area (Å²) in [5, 5.41) is 3.10. The predicted octanol–water partition coefficient (Wildman–Crippen LogP) is 0.638. The highest BCUT2D eigenvalue weighted by atomic mass is 16.1. The van der Waals surface area contributed by atoms with Gasteiger partial charge in [-0.1, -0.05) is 0 Å². The fraction of sp³-hybridized carbons (Fsp3) is 0.538. The van der Waals surface area contributed by atoms with Crippen molar-refractivity contribution in [1.29, 1.82) is 0 Å². The molecule has 7 heteroatoms. The predicted molar refractivity (Wildman–Crippen MR) is 72.7 cm³/mol. The molecule has 2 aromatic heterocycles. The van der Waals surface area contributed by atoms with Crippen LogP contribution in [0.3, 0.4) is 0 Å². The summed E-state index contributed by atoms with van der Waals surface area (Å²) in [6.45, 7) is 0. The van der Waals surface area contributed by atoms with Gasteiger partial charge >= 0.3 is 0 Å². The van der Waals surface area contributed by atoms with Crippen LogP contribution in [-0.2, 0) is 4.79 Å². The highest BCUT2D eigenvalue weighted by Gasteiger charge is 2.37. The van der Waals surface area contributed by atoms with Gasteiger partial charge in [0.15, 0.2) is 11.5 Å². The number of aromatic nitrogens is 4. The molecule has 104 valence electrons. The van der Waals surface area contributed by atoms with Crippen LogP contribution in [-0.4, -0.2) is 31.5 Å². The molecule has 1 saturated heterocycles. The zero-order valence-corrected chi connectivity index (χ0v) is 11.0. The summed E-state index contributed by atoms with van der Waals surface area (Å²) in [6.07, 6.45) is 7.04. The number of carbonyl (C=O) groups is 1. The van der Waals surface area contributed by atoms with Crippen LogP contribution >= 0.6 is 0 Å². The fourth-order valence-corrected chi connectivity index (χ4v) is 3.56. The molecule has 4 rings (SSSR count). The molecule has 3 atom stereocenters. The molecule has 0 spiro atoms.